The first kappa shape index (κ1) is 23.1. The molecule has 0 atom stereocenters. The maximum Gasteiger partial charge on any atom is 0.133 e. The van der Waals surface area contributed by atoms with Crippen LogP contribution < -0.4 is 4.90 Å². The molecule has 0 saturated heterocycles. The zero-order valence-electron chi connectivity index (χ0n) is 20.5. The second-order valence-electron chi connectivity index (χ2n) is 9.83. The Bertz CT molecular complexity index is 1620. The monoisotopic (exact) mass is 491 g/mol. The molecule has 0 unspecified atom stereocenters. The quantitative estimate of drug-likeness (QED) is 0.242. The minimum Gasteiger partial charge on any atom is -0.310 e. The smallest absolute Gasteiger partial charge is 0.133 e. The molecule has 0 aromatic heterocycles. The van der Waals surface area contributed by atoms with Gasteiger partial charge in [-0.2, -0.15) is 0 Å². The number of anilines is 3. The first-order valence-corrected chi connectivity index (χ1v) is 12.2. The van der Waals surface area contributed by atoms with Gasteiger partial charge in [0.15, 0.2) is 0 Å². The molecule has 0 spiro atoms. The van der Waals surface area contributed by atoms with Crippen molar-refractivity contribution >= 4 is 17.1 Å². The predicted molar refractivity (Wildman–Crippen MR) is 144 cm³/mol. The molecule has 0 N–H and O–H groups in total. The van der Waals surface area contributed by atoms with E-state index in [1.54, 1.807) is 30.3 Å². The van der Waals surface area contributed by atoms with E-state index in [0.29, 0.717) is 11.3 Å². The highest BCUT2D eigenvalue weighted by Gasteiger charge is 2.37. The van der Waals surface area contributed by atoms with E-state index >= 15 is 0 Å². The molecule has 37 heavy (non-hydrogen) atoms. The Morgan fingerprint density at radius 1 is 0.568 bits per heavy atom. The van der Waals surface area contributed by atoms with Crippen molar-refractivity contribution in [3.05, 3.63) is 138 Å². The Labute approximate surface area is 214 Å². The molecule has 1 aliphatic carbocycles. The summed E-state index contributed by atoms with van der Waals surface area (Å²) in [6.45, 7) is 4.43. The number of nitrogens with zero attached hydrogens (tertiary/aromatic N) is 1. The van der Waals surface area contributed by atoms with Crippen LogP contribution in [-0.2, 0) is 5.41 Å². The van der Waals surface area contributed by atoms with Crippen LogP contribution in [0.1, 0.15) is 25.0 Å². The summed E-state index contributed by atoms with van der Waals surface area (Å²) in [5.74, 6) is -1.58. The molecule has 0 fully saturated rings. The van der Waals surface area contributed by atoms with Gasteiger partial charge in [0, 0.05) is 22.4 Å². The lowest BCUT2D eigenvalue weighted by molar-refractivity contribution is 0.589. The molecule has 0 heterocycles. The SMILES string of the molecule is CC1(C)c2ccccc2-c2c(N(c3ccc(F)cc3)c3cccc(-c4c(F)cccc4F)c3)cccc21. The Hall–Kier alpha value is -4.31. The van der Waals surface area contributed by atoms with Crippen LogP contribution in [0.15, 0.2) is 109 Å². The van der Waals surface area contributed by atoms with Crippen molar-refractivity contribution in [3.8, 4) is 22.3 Å². The molecule has 1 nitrogen and oxygen atoms in total. The van der Waals surface area contributed by atoms with Crippen LogP contribution in [0.2, 0.25) is 0 Å². The predicted octanol–water partition coefficient (Wildman–Crippen LogP) is 9.55. The number of hydrogen-bond acceptors (Lipinski definition) is 1. The van der Waals surface area contributed by atoms with Crippen LogP contribution >= 0.6 is 0 Å². The minimum atomic E-state index is -0.623. The molecular formula is C33H24F3N. The van der Waals surface area contributed by atoms with Crippen molar-refractivity contribution in [2.45, 2.75) is 19.3 Å². The van der Waals surface area contributed by atoms with Crippen LogP contribution in [0.25, 0.3) is 22.3 Å². The third-order valence-corrected chi connectivity index (χ3v) is 7.27. The first-order valence-electron chi connectivity index (χ1n) is 12.2. The van der Waals surface area contributed by atoms with E-state index in [4.69, 9.17) is 0 Å². The van der Waals surface area contributed by atoms with Crippen molar-refractivity contribution in [2.24, 2.45) is 0 Å². The van der Waals surface area contributed by atoms with Gasteiger partial charge in [-0.25, -0.2) is 13.2 Å². The minimum absolute atomic E-state index is 0.0758. The molecule has 0 amide bonds. The fourth-order valence-electron chi connectivity index (χ4n) is 5.51. The van der Waals surface area contributed by atoms with Gasteiger partial charge in [-0.05, 0) is 76.9 Å². The molecule has 6 rings (SSSR count). The Morgan fingerprint density at radius 3 is 1.97 bits per heavy atom. The maximum atomic E-state index is 14.7. The van der Waals surface area contributed by atoms with E-state index in [1.165, 1.54) is 41.5 Å². The summed E-state index contributed by atoms with van der Waals surface area (Å²) in [6.07, 6.45) is 0. The molecule has 1 aliphatic rings. The van der Waals surface area contributed by atoms with Gasteiger partial charge in [-0.1, -0.05) is 68.4 Å². The van der Waals surface area contributed by atoms with Crippen LogP contribution in [0.5, 0.6) is 0 Å². The van der Waals surface area contributed by atoms with E-state index in [2.05, 4.69) is 38.1 Å². The molecule has 0 saturated carbocycles. The average Bonchev–Trinajstić information content (AvgIpc) is 3.13. The highest BCUT2D eigenvalue weighted by molar-refractivity contribution is 5.95. The topological polar surface area (TPSA) is 3.24 Å². The second kappa shape index (κ2) is 8.67. The van der Waals surface area contributed by atoms with Gasteiger partial charge in [-0.15, -0.1) is 0 Å². The second-order valence-corrected chi connectivity index (χ2v) is 9.83. The highest BCUT2D eigenvalue weighted by Crippen LogP contribution is 2.54. The van der Waals surface area contributed by atoms with Crippen molar-refractivity contribution in [2.75, 3.05) is 4.90 Å². The standard InChI is InChI=1S/C33H24F3N/c1-33(2)26-11-4-3-10-25(26)32-27(33)12-6-15-30(32)37(23-18-16-22(34)17-19-23)24-9-5-8-21(20-24)31-28(35)13-7-14-29(31)36/h3-20H,1-2H3. The summed E-state index contributed by atoms with van der Waals surface area (Å²) in [6, 6.07) is 31.9. The van der Waals surface area contributed by atoms with Gasteiger partial charge in [0.05, 0.1) is 11.3 Å². The van der Waals surface area contributed by atoms with Crippen molar-refractivity contribution in [1.82, 2.24) is 0 Å². The first-order chi connectivity index (χ1) is 17.9. The van der Waals surface area contributed by atoms with Crippen LogP contribution in [0, 0.1) is 17.5 Å². The van der Waals surface area contributed by atoms with Gasteiger partial charge in [-0.3, -0.25) is 0 Å². The fourth-order valence-corrected chi connectivity index (χ4v) is 5.51. The largest absolute Gasteiger partial charge is 0.310 e. The van der Waals surface area contributed by atoms with Crippen LogP contribution in [0.4, 0.5) is 30.2 Å². The van der Waals surface area contributed by atoms with Crippen molar-refractivity contribution in [3.63, 3.8) is 0 Å². The van der Waals surface area contributed by atoms with E-state index in [-0.39, 0.29) is 16.8 Å². The molecule has 0 aliphatic heterocycles. The van der Waals surface area contributed by atoms with E-state index in [0.717, 1.165) is 22.5 Å². The number of halogens is 3. The lowest BCUT2D eigenvalue weighted by Crippen LogP contribution is -2.16. The van der Waals surface area contributed by atoms with E-state index in [1.807, 2.05) is 29.2 Å². The summed E-state index contributed by atoms with van der Waals surface area (Å²) in [5.41, 5.74) is 7.17. The molecular weight excluding hydrogens is 467 g/mol. The molecule has 5 aromatic carbocycles. The Morgan fingerprint density at radius 2 is 1.22 bits per heavy atom. The van der Waals surface area contributed by atoms with Gasteiger partial charge in [0.25, 0.3) is 0 Å². The van der Waals surface area contributed by atoms with Crippen molar-refractivity contribution in [1.29, 1.82) is 0 Å². The molecule has 182 valence electrons. The van der Waals surface area contributed by atoms with Crippen molar-refractivity contribution < 1.29 is 13.2 Å². The summed E-state index contributed by atoms with van der Waals surface area (Å²) >= 11 is 0. The molecule has 5 aromatic rings. The number of rotatable bonds is 4. The fraction of sp³-hybridized carbons (Fsp3) is 0.0909. The molecule has 4 heteroatoms. The molecule has 0 bridgehead atoms. The zero-order chi connectivity index (χ0) is 25.7. The number of fused-ring (bicyclic) bond motifs is 3. The van der Waals surface area contributed by atoms with E-state index in [9.17, 15) is 13.2 Å². The summed E-state index contributed by atoms with van der Waals surface area (Å²) in [5, 5.41) is 0. The Balaban J connectivity index is 1.62. The maximum absolute atomic E-state index is 14.7. The van der Waals surface area contributed by atoms with Gasteiger partial charge in [0.2, 0.25) is 0 Å². The highest BCUT2D eigenvalue weighted by atomic mass is 19.1. The number of benzene rings is 5. The normalized spacial score (nSPS) is 13.2. The van der Waals surface area contributed by atoms with Crippen LogP contribution in [-0.4, -0.2) is 0 Å². The lowest BCUT2D eigenvalue weighted by atomic mass is 9.82. The summed E-state index contributed by atoms with van der Waals surface area (Å²) in [7, 11) is 0. The third-order valence-electron chi connectivity index (χ3n) is 7.27. The van der Waals surface area contributed by atoms with Gasteiger partial charge >= 0.3 is 0 Å². The van der Waals surface area contributed by atoms with Crippen LogP contribution in [0.3, 0.4) is 0 Å². The van der Waals surface area contributed by atoms with Gasteiger partial charge < -0.3 is 4.90 Å². The Kier molecular flexibility index (Phi) is 5.41. The zero-order valence-corrected chi connectivity index (χ0v) is 20.5. The third kappa shape index (κ3) is 3.72. The summed E-state index contributed by atoms with van der Waals surface area (Å²) < 4.78 is 43.3. The average molecular weight is 492 g/mol. The van der Waals surface area contributed by atoms with E-state index < -0.39 is 11.6 Å². The lowest BCUT2D eigenvalue weighted by Gasteiger charge is -2.29. The molecule has 0 radical (unpaired) electrons. The number of hydrogen-bond donors (Lipinski definition) is 0. The van der Waals surface area contributed by atoms with Gasteiger partial charge in [0.1, 0.15) is 17.5 Å². The summed E-state index contributed by atoms with van der Waals surface area (Å²) in [4.78, 5) is 2.03.